The van der Waals surface area contributed by atoms with E-state index in [4.69, 9.17) is 13.9 Å². The molecule has 2 aromatic carbocycles. The molecule has 0 saturated carbocycles. The van der Waals surface area contributed by atoms with Gasteiger partial charge < -0.3 is 18.8 Å². The SMILES string of the molecule is Cc1ccccc1CN(CCCCOc1ccc2ccc(=O)oc2c1)CCN1CCC(OCc2cccnc2)CC1. The molecule has 0 bridgehead atoms. The van der Waals surface area contributed by atoms with Crippen molar-refractivity contribution in [1.29, 1.82) is 0 Å². The second kappa shape index (κ2) is 14.9. The Hall–Kier alpha value is -3.52. The Morgan fingerprint density at radius 3 is 2.68 bits per heavy atom. The third-order valence-corrected chi connectivity index (χ3v) is 7.86. The summed E-state index contributed by atoms with van der Waals surface area (Å²) in [5.41, 5.74) is 4.09. The fraction of sp³-hybridized carbons (Fsp3) is 0.412. The molecule has 216 valence electrons. The molecule has 0 unspecified atom stereocenters. The summed E-state index contributed by atoms with van der Waals surface area (Å²) >= 11 is 0. The molecule has 0 atom stereocenters. The van der Waals surface area contributed by atoms with Crippen LogP contribution >= 0.6 is 0 Å². The molecule has 2 aromatic heterocycles. The van der Waals surface area contributed by atoms with Gasteiger partial charge in [0.1, 0.15) is 11.3 Å². The van der Waals surface area contributed by atoms with E-state index in [-0.39, 0.29) is 5.63 Å². The van der Waals surface area contributed by atoms with Crippen LogP contribution < -0.4 is 10.4 Å². The van der Waals surface area contributed by atoms with E-state index in [1.807, 2.05) is 24.4 Å². The number of hydrogen-bond acceptors (Lipinski definition) is 7. The van der Waals surface area contributed by atoms with Crippen LogP contribution in [0.1, 0.15) is 42.4 Å². The molecule has 1 fully saturated rings. The fourth-order valence-corrected chi connectivity index (χ4v) is 5.34. The van der Waals surface area contributed by atoms with Gasteiger partial charge in [-0.25, -0.2) is 4.79 Å². The normalized spacial score (nSPS) is 14.6. The summed E-state index contributed by atoms with van der Waals surface area (Å²) in [6, 6.07) is 21.6. The minimum absolute atomic E-state index is 0.327. The van der Waals surface area contributed by atoms with Gasteiger partial charge in [-0.05, 0) is 80.1 Å². The van der Waals surface area contributed by atoms with Gasteiger partial charge in [-0.3, -0.25) is 9.88 Å². The Kier molecular flexibility index (Phi) is 10.5. The number of likely N-dealkylation sites (tertiary alicyclic amines) is 1. The summed E-state index contributed by atoms with van der Waals surface area (Å²) in [6.07, 6.45) is 8.18. The van der Waals surface area contributed by atoms with Gasteiger partial charge in [-0.15, -0.1) is 0 Å². The molecule has 41 heavy (non-hydrogen) atoms. The molecule has 7 heteroatoms. The molecule has 0 radical (unpaired) electrons. The number of aryl methyl sites for hydroxylation is 1. The van der Waals surface area contributed by atoms with Gasteiger partial charge in [-0.1, -0.05) is 30.3 Å². The first kappa shape index (κ1) is 29.0. The lowest BCUT2D eigenvalue weighted by atomic mass is 10.1. The smallest absolute Gasteiger partial charge is 0.336 e. The van der Waals surface area contributed by atoms with Crippen molar-refractivity contribution in [1.82, 2.24) is 14.8 Å². The minimum Gasteiger partial charge on any atom is -0.493 e. The quantitative estimate of drug-likeness (QED) is 0.143. The molecule has 7 nitrogen and oxygen atoms in total. The summed E-state index contributed by atoms with van der Waals surface area (Å²) in [7, 11) is 0. The van der Waals surface area contributed by atoms with Crippen LogP contribution in [0.15, 0.2) is 88.3 Å². The van der Waals surface area contributed by atoms with Crippen molar-refractivity contribution >= 4 is 11.0 Å². The number of hydrogen-bond donors (Lipinski definition) is 0. The number of benzene rings is 2. The van der Waals surface area contributed by atoms with E-state index >= 15 is 0 Å². The van der Waals surface area contributed by atoms with Crippen LogP contribution in [0.4, 0.5) is 0 Å². The number of aromatic nitrogens is 1. The molecule has 0 spiro atoms. The third kappa shape index (κ3) is 8.98. The van der Waals surface area contributed by atoms with E-state index in [1.165, 1.54) is 17.2 Å². The first-order valence-electron chi connectivity index (χ1n) is 14.8. The molecule has 4 aromatic rings. The van der Waals surface area contributed by atoms with Crippen LogP contribution in [-0.2, 0) is 17.9 Å². The predicted octanol–water partition coefficient (Wildman–Crippen LogP) is 5.84. The first-order chi connectivity index (χ1) is 20.1. The molecule has 0 amide bonds. The molecular formula is C34H41N3O4. The monoisotopic (exact) mass is 555 g/mol. The molecule has 0 N–H and O–H groups in total. The number of fused-ring (bicyclic) bond motifs is 1. The lowest BCUT2D eigenvalue weighted by Crippen LogP contribution is -2.41. The van der Waals surface area contributed by atoms with Gasteiger partial charge in [0.05, 0.1) is 19.3 Å². The van der Waals surface area contributed by atoms with Crippen LogP contribution in [0.5, 0.6) is 5.75 Å². The Morgan fingerprint density at radius 1 is 1.00 bits per heavy atom. The molecule has 3 heterocycles. The standard InChI is InChI=1S/C34H41N3O4/c1-27-7-2-3-9-30(27)25-37(17-4-5-22-39-32-12-10-29-11-13-34(38)41-33(29)23-32)21-20-36-18-14-31(15-19-36)40-26-28-8-6-16-35-24-28/h2-3,6-13,16,23-24,31H,4-5,14-15,17-22,25-26H2,1H3. The topological polar surface area (TPSA) is 68.0 Å². The number of nitrogens with zero attached hydrogens (tertiary/aromatic N) is 3. The van der Waals surface area contributed by atoms with E-state index < -0.39 is 0 Å². The molecule has 1 saturated heterocycles. The van der Waals surface area contributed by atoms with E-state index in [1.54, 1.807) is 18.3 Å². The van der Waals surface area contributed by atoms with Crippen LogP contribution in [0.2, 0.25) is 0 Å². The van der Waals surface area contributed by atoms with Gasteiger partial charge in [-0.2, -0.15) is 0 Å². The number of unbranched alkanes of at least 4 members (excludes halogenated alkanes) is 1. The van der Waals surface area contributed by atoms with Crippen molar-refractivity contribution in [2.45, 2.75) is 51.9 Å². The Balaban J connectivity index is 1.06. The maximum Gasteiger partial charge on any atom is 0.336 e. The van der Waals surface area contributed by atoms with Gasteiger partial charge in [0.25, 0.3) is 0 Å². The Bertz CT molecular complexity index is 1420. The van der Waals surface area contributed by atoms with Crippen molar-refractivity contribution in [3.05, 3.63) is 106 Å². The van der Waals surface area contributed by atoms with E-state index in [9.17, 15) is 4.79 Å². The van der Waals surface area contributed by atoms with Gasteiger partial charge in [0.2, 0.25) is 0 Å². The van der Waals surface area contributed by atoms with Gasteiger partial charge in [0.15, 0.2) is 0 Å². The fourth-order valence-electron chi connectivity index (χ4n) is 5.34. The Morgan fingerprint density at radius 2 is 1.85 bits per heavy atom. The minimum atomic E-state index is -0.345. The number of ether oxygens (including phenoxy) is 2. The lowest BCUT2D eigenvalue weighted by Gasteiger charge is -2.33. The summed E-state index contributed by atoms with van der Waals surface area (Å²) in [5.74, 6) is 0.733. The average molecular weight is 556 g/mol. The Labute approximate surface area is 242 Å². The maximum absolute atomic E-state index is 11.5. The van der Waals surface area contributed by atoms with Crippen molar-refractivity contribution in [3.8, 4) is 5.75 Å². The zero-order valence-electron chi connectivity index (χ0n) is 24.0. The average Bonchev–Trinajstić information content (AvgIpc) is 3.00. The molecule has 5 rings (SSSR count). The van der Waals surface area contributed by atoms with E-state index in [0.717, 1.165) is 81.7 Å². The van der Waals surface area contributed by atoms with Gasteiger partial charge in [0, 0.05) is 62.6 Å². The van der Waals surface area contributed by atoms with Gasteiger partial charge >= 0.3 is 5.63 Å². The molecule has 0 aliphatic carbocycles. The number of piperidine rings is 1. The van der Waals surface area contributed by atoms with Crippen LogP contribution in [-0.4, -0.2) is 60.2 Å². The summed E-state index contributed by atoms with van der Waals surface area (Å²) in [6.45, 7) is 9.72. The van der Waals surface area contributed by atoms with Crippen LogP contribution in [0.3, 0.4) is 0 Å². The lowest BCUT2D eigenvalue weighted by molar-refractivity contribution is -0.00404. The molecular weight excluding hydrogens is 514 g/mol. The van der Waals surface area contributed by atoms with Crippen LogP contribution in [0.25, 0.3) is 11.0 Å². The van der Waals surface area contributed by atoms with Crippen LogP contribution in [0, 0.1) is 6.92 Å². The second-order valence-electron chi connectivity index (χ2n) is 10.9. The highest BCUT2D eigenvalue weighted by molar-refractivity contribution is 5.77. The first-order valence-corrected chi connectivity index (χ1v) is 14.8. The third-order valence-electron chi connectivity index (χ3n) is 7.86. The van der Waals surface area contributed by atoms with Crippen molar-refractivity contribution in [2.24, 2.45) is 0 Å². The number of rotatable bonds is 14. The van der Waals surface area contributed by atoms with E-state index in [2.05, 4.69) is 52.0 Å². The molecule has 1 aliphatic heterocycles. The maximum atomic E-state index is 11.5. The molecule has 1 aliphatic rings. The largest absolute Gasteiger partial charge is 0.493 e. The predicted molar refractivity (Wildman–Crippen MR) is 162 cm³/mol. The van der Waals surface area contributed by atoms with Crippen molar-refractivity contribution in [3.63, 3.8) is 0 Å². The highest BCUT2D eigenvalue weighted by Crippen LogP contribution is 2.20. The zero-order valence-corrected chi connectivity index (χ0v) is 24.0. The van der Waals surface area contributed by atoms with Crippen molar-refractivity contribution in [2.75, 3.05) is 39.3 Å². The summed E-state index contributed by atoms with van der Waals surface area (Å²) in [5, 5.41) is 0.894. The highest BCUT2D eigenvalue weighted by Gasteiger charge is 2.20. The van der Waals surface area contributed by atoms with E-state index in [0.29, 0.717) is 24.9 Å². The summed E-state index contributed by atoms with van der Waals surface area (Å²) < 4.78 is 17.4. The van der Waals surface area contributed by atoms with Crippen molar-refractivity contribution < 1.29 is 13.9 Å². The highest BCUT2D eigenvalue weighted by atomic mass is 16.5. The number of pyridine rings is 1. The summed E-state index contributed by atoms with van der Waals surface area (Å²) in [4.78, 5) is 20.9. The second-order valence-corrected chi connectivity index (χ2v) is 10.9. The zero-order chi connectivity index (χ0) is 28.3.